The van der Waals surface area contributed by atoms with Crippen molar-refractivity contribution in [2.24, 2.45) is 0 Å². The number of fused-ring (bicyclic) bond motifs is 1. The Balaban J connectivity index is 1.87. The molecule has 0 aliphatic heterocycles. The van der Waals surface area contributed by atoms with Crippen molar-refractivity contribution >= 4 is 22.6 Å². The molecule has 0 atom stereocenters. The maximum atomic E-state index is 13.0. The Hall–Kier alpha value is -3.16. The van der Waals surface area contributed by atoms with Crippen molar-refractivity contribution in [3.8, 4) is 0 Å². The number of nitrogens with one attached hydrogen (secondary N) is 2. The molecule has 2 N–H and O–H groups in total. The molecule has 3 aromatic rings. The Kier molecular flexibility index (Phi) is 4.75. The number of para-hydroxylation sites is 1. The molecule has 134 valence electrons. The van der Waals surface area contributed by atoms with Crippen molar-refractivity contribution in [1.82, 2.24) is 15.3 Å². The van der Waals surface area contributed by atoms with Gasteiger partial charge in [-0.3, -0.25) is 4.79 Å². The molecule has 26 heavy (non-hydrogen) atoms. The molecule has 0 spiro atoms. The van der Waals surface area contributed by atoms with Crippen molar-refractivity contribution in [3.63, 3.8) is 0 Å². The summed E-state index contributed by atoms with van der Waals surface area (Å²) in [5.41, 5.74) is 1.52. The molecule has 0 saturated carbocycles. The van der Waals surface area contributed by atoms with Gasteiger partial charge in [-0.15, -0.1) is 0 Å². The van der Waals surface area contributed by atoms with Gasteiger partial charge in [-0.2, -0.15) is 13.2 Å². The first-order chi connectivity index (χ1) is 12.4. The van der Waals surface area contributed by atoms with Gasteiger partial charge in [0.1, 0.15) is 5.82 Å². The van der Waals surface area contributed by atoms with E-state index in [1.165, 1.54) is 13.1 Å². The number of nitrogens with zero attached hydrogens (tertiary/aromatic N) is 2. The summed E-state index contributed by atoms with van der Waals surface area (Å²) in [5, 5.41) is 5.95. The number of rotatable bonds is 4. The number of aromatic nitrogens is 2. The molecule has 0 aliphatic rings. The minimum atomic E-state index is -4.63. The molecule has 1 heterocycles. The number of amides is 1. The summed E-state index contributed by atoms with van der Waals surface area (Å²) >= 11 is 0. The monoisotopic (exact) mass is 360 g/mol. The summed E-state index contributed by atoms with van der Waals surface area (Å²) in [7, 11) is 1.54. The molecular formula is C18H15F3N4O. The molecule has 0 fully saturated rings. The molecule has 0 aliphatic carbocycles. The zero-order valence-electron chi connectivity index (χ0n) is 13.8. The Labute approximate surface area is 147 Å². The number of alkyl halides is 3. The van der Waals surface area contributed by atoms with Gasteiger partial charge in [0.05, 0.1) is 5.52 Å². The second-order valence-corrected chi connectivity index (χ2v) is 5.54. The highest BCUT2D eigenvalue weighted by Crippen LogP contribution is 2.30. The average molecular weight is 360 g/mol. The SMILES string of the molecule is CNC(=O)c1ccc(CNc2nc(C(F)(F)F)nc3ccccc23)cc1. The lowest BCUT2D eigenvalue weighted by Gasteiger charge is -2.12. The van der Waals surface area contributed by atoms with E-state index in [4.69, 9.17) is 0 Å². The fourth-order valence-corrected chi connectivity index (χ4v) is 2.44. The van der Waals surface area contributed by atoms with Crippen molar-refractivity contribution < 1.29 is 18.0 Å². The minimum absolute atomic E-state index is 0.110. The van der Waals surface area contributed by atoms with Crippen LogP contribution in [0.15, 0.2) is 48.5 Å². The average Bonchev–Trinajstić information content (AvgIpc) is 2.65. The highest BCUT2D eigenvalue weighted by atomic mass is 19.4. The molecule has 3 rings (SSSR count). The van der Waals surface area contributed by atoms with E-state index < -0.39 is 12.0 Å². The quantitative estimate of drug-likeness (QED) is 0.746. The fraction of sp³-hybridized carbons (Fsp3) is 0.167. The van der Waals surface area contributed by atoms with Crippen molar-refractivity contribution in [2.45, 2.75) is 12.7 Å². The number of hydrogen-bond acceptors (Lipinski definition) is 4. The number of carbonyl (C=O) groups is 1. The summed E-state index contributed by atoms with van der Waals surface area (Å²) in [6.07, 6.45) is -4.63. The molecule has 0 unspecified atom stereocenters. The third-order valence-electron chi connectivity index (χ3n) is 3.76. The lowest BCUT2D eigenvalue weighted by molar-refractivity contribution is -0.144. The maximum absolute atomic E-state index is 13.0. The van der Waals surface area contributed by atoms with Gasteiger partial charge < -0.3 is 10.6 Å². The van der Waals surface area contributed by atoms with Gasteiger partial charge >= 0.3 is 6.18 Å². The molecule has 1 amide bonds. The maximum Gasteiger partial charge on any atom is 0.451 e. The zero-order valence-corrected chi connectivity index (χ0v) is 13.8. The lowest BCUT2D eigenvalue weighted by atomic mass is 10.1. The van der Waals surface area contributed by atoms with Crippen LogP contribution in [0.5, 0.6) is 0 Å². The van der Waals surface area contributed by atoms with Gasteiger partial charge in [0.25, 0.3) is 5.91 Å². The third kappa shape index (κ3) is 3.74. The van der Waals surface area contributed by atoms with Crippen LogP contribution in [-0.4, -0.2) is 22.9 Å². The molecule has 2 aromatic carbocycles. The van der Waals surface area contributed by atoms with E-state index in [-0.39, 0.29) is 23.8 Å². The summed E-state index contributed by atoms with van der Waals surface area (Å²) in [5.74, 6) is -1.28. The van der Waals surface area contributed by atoms with Crippen LogP contribution >= 0.6 is 0 Å². The lowest BCUT2D eigenvalue weighted by Crippen LogP contribution is -2.17. The van der Waals surface area contributed by atoms with Crippen molar-refractivity contribution in [1.29, 1.82) is 0 Å². The predicted octanol–water partition coefficient (Wildman–Crippen LogP) is 3.62. The van der Waals surface area contributed by atoms with Gasteiger partial charge in [-0.25, -0.2) is 9.97 Å². The predicted molar refractivity (Wildman–Crippen MR) is 91.7 cm³/mol. The van der Waals surface area contributed by atoms with Gasteiger partial charge in [0.2, 0.25) is 5.82 Å². The minimum Gasteiger partial charge on any atom is -0.365 e. The number of benzene rings is 2. The standard InChI is InChI=1S/C18H15F3N4O/c1-22-16(26)12-8-6-11(7-9-12)10-23-15-13-4-2-3-5-14(13)24-17(25-15)18(19,20)21/h2-9H,10H2,1H3,(H,22,26)(H,23,24,25). The molecule has 1 aromatic heterocycles. The first kappa shape index (κ1) is 17.7. The van der Waals surface area contributed by atoms with Gasteiger partial charge in [0, 0.05) is 24.5 Å². The van der Waals surface area contributed by atoms with Crippen molar-refractivity contribution in [3.05, 3.63) is 65.5 Å². The molecular weight excluding hydrogens is 345 g/mol. The van der Waals surface area contributed by atoms with Crippen LogP contribution < -0.4 is 10.6 Å². The number of carbonyl (C=O) groups excluding carboxylic acids is 1. The van der Waals surface area contributed by atoms with E-state index >= 15 is 0 Å². The van der Waals surface area contributed by atoms with Crippen LogP contribution in [0.3, 0.4) is 0 Å². The van der Waals surface area contributed by atoms with Crippen LogP contribution in [0.4, 0.5) is 19.0 Å². The van der Waals surface area contributed by atoms with E-state index in [1.807, 2.05) is 0 Å². The highest BCUT2D eigenvalue weighted by molar-refractivity contribution is 5.94. The summed E-state index contributed by atoms with van der Waals surface area (Å²) in [6, 6.07) is 13.3. The Morgan fingerprint density at radius 3 is 2.38 bits per heavy atom. The molecule has 0 bridgehead atoms. The fourth-order valence-electron chi connectivity index (χ4n) is 2.44. The Morgan fingerprint density at radius 1 is 1.04 bits per heavy atom. The normalized spacial score (nSPS) is 11.4. The Morgan fingerprint density at radius 2 is 1.73 bits per heavy atom. The van der Waals surface area contributed by atoms with Crippen LogP contribution in [0, 0.1) is 0 Å². The number of halogens is 3. The highest BCUT2D eigenvalue weighted by Gasteiger charge is 2.35. The third-order valence-corrected chi connectivity index (χ3v) is 3.76. The topological polar surface area (TPSA) is 66.9 Å². The molecule has 5 nitrogen and oxygen atoms in total. The smallest absolute Gasteiger partial charge is 0.365 e. The first-order valence-electron chi connectivity index (χ1n) is 7.77. The van der Waals surface area contributed by atoms with Gasteiger partial charge in [-0.05, 0) is 29.8 Å². The number of hydrogen-bond donors (Lipinski definition) is 2. The Bertz CT molecular complexity index is 939. The van der Waals surface area contributed by atoms with E-state index in [9.17, 15) is 18.0 Å². The van der Waals surface area contributed by atoms with Gasteiger partial charge in [0.15, 0.2) is 0 Å². The van der Waals surface area contributed by atoms with E-state index in [0.29, 0.717) is 10.9 Å². The van der Waals surface area contributed by atoms with Gasteiger partial charge in [-0.1, -0.05) is 24.3 Å². The second-order valence-electron chi connectivity index (χ2n) is 5.54. The first-order valence-corrected chi connectivity index (χ1v) is 7.77. The number of anilines is 1. The summed E-state index contributed by atoms with van der Waals surface area (Å²) < 4.78 is 39.1. The van der Waals surface area contributed by atoms with E-state index in [2.05, 4.69) is 20.6 Å². The van der Waals surface area contributed by atoms with Crippen LogP contribution in [0.1, 0.15) is 21.7 Å². The largest absolute Gasteiger partial charge is 0.451 e. The molecule has 8 heteroatoms. The summed E-state index contributed by atoms with van der Waals surface area (Å²) in [4.78, 5) is 18.7. The summed E-state index contributed by atoms with van der Waals surface area (Å²) in [6.45, 7) is 0.256. The molecule has 0 radical (unpaired) electrons. The van der Waals surface area contributed by atoms with Crippen LogP contribution in [-0.2, 0) is 12.7 Å². The van der Waals surface area contributed by atoms with E-state index in [0.717, 1.165) is 5.56 Å². The zero-order chi connectivity index (χ0) is 18.7. The second kappa shape index (κ2) is 6.99. The van der Waals surface area contributed by atoms with Crippen LogP contribution in [0.2, 0.25) is 0 Å². The van der Waals surface area contributed by atoms with E-state index in [1.54, 1.807) is 42.5 Å². The molecule has 0 saturated heterocycles. The van der Waals surface area contributed by atoms with Crippen molar-refractivity contribution in [2.75, 3.05) is 12.4 Å². The van der Waals surface area contributed by atoms with Crippen LogP contribution in [0.25, 0.3) is 10.9 Å².